The molecule has 0 fully saturated rings. The Labute approximate surface area is 148 Å². The van der Waals surface area contributed by atoms with Gasteiger partial charge in [0.2, 0.25) is 0 Å². The van der Waals surface area contributed by atoms with E-state index in [1.807, 2.05) is 0 Å². The molecule has 27 heavy (non-hydrogen) atoms. The van der Waals surface area contributed by atoms with Gasteiger partial charge in [-0.25, -0.2) is 4.39 Å². The fraction of sp³-hybridized carbons (Fsp3) is 0.294. The Morgan fingerprint density at radius 1 is 1.00 bits per heavy atom. The quantitative estimate of drug-likeness (QED) is 0.729. The molecular weight excluding hydrogens is 381 g/mol. The molecule has 0 spiro atoms. The van der Waals surface area contributed by atoms with Crippen molar-refractivity contribution in [2.24, 2.45) is 5.73 Å². The van der Waals surface area contributed by atoms with Crippen molar-refractivity contribution in [1.29, 1.82) is 0 Å². The van der Waals surface area contributed by atoms with Gasteiger partial charge in [-0.3, -0.25) is 0 Å². The smallest absolute Gasteiger partial charge is 0.417 e. The molecule has 2 aromatic rings. The van der Waals surface area contributed by atoms with E-state index in [1.54, 1.807) is 0 Å². The summed E-state index contributed by atoms with van der Waals surface area (Å²) in [7, 11) is 0. The third kappa shape index (κ3) is 3.80. The summed E-state index contributed by atoms with van der Waals surface area (Å²) in [6, 6.07) is 3.00. The van der Waals surface area contributed by atoms with Crippen LogP contribution < -0.4 is 15.8 Å². The van der Waals surface area contributed by atoms with Crippen LogP contribution in [0.25, 0.3) is 11.1 Å². The van der Waals surface area contributed by atoms with E-state index >= 15 is 0 Å². The average molecular weight is 394 g/mol. The number of benzene rings is 2. The lowest BCUT2D eigenvalue weighted by molar-refractivity contribution is -0.142. The zero-order valence-electron chi connectivity index (χ0n) is 13.5. The molecule has 10 heteroatoms. The van der Waals surface area contributed by atoms with Gasteiger partial charge in [-0.05, 0) is 23.8 Å². The van der Waals surface area contributed by atoms with Crippen LogP contribution in [-0.2, 0) is 12.4 Å². The van der Waals surface area contributed by atoms with Crippen molar-refractivity contribution in [1.82, 2.24) is 0 Å². The van der Waals surface area contributed by atoms with Gasteiger partial charge < -0.3 is 15.8 Å². The van der Waals surface area contributed by atoms with E-state index in [0.717, 1.165) is 12.1 Å². The summed E-state index contributed by atoms with van der Waals surface area (Å²) < 4.78 is 98.3. The Bertz CT molecular complexity index is 862. The molecule has 0 saturated carbocycles. The molecule has 3 nitrogen and oxygen atoms in total. The third-order valence-corrected chi connectivity index (χ3v) is 4.06. The second kappa shape index (κ2) is 6.59. The van der Waals surface area contributed by atoms with Crippen molar-refractivity contribution in [3.8, 4) is 16.9 Å². The van der Waals surface area contributed by atoms with Crippen LogP contribution in [0.15, 0.2) is 30.3 Å². The van der Waals surface area contributed by atoms with Crippen molar-refractivity contribution in [3.63, 3.8) is 0 Å². The van der Waals surface area contributed by atoms with E-state index in [1.165, 1.54) is 0 Å². The minimum absolute atomic E-state index is 0.00327. The van der Waals surface area contributed by atoms with E-state index < -0.39 is 41.0 Å². The largest absolute Gasteiger partial charge is 0.484 e. The van der Waals surface area contributed by atoms with Gasteiger partial charge in [0.25, 0.3) is 0 Å². The molecule has 0 amide bonds. The van der Waals surface area contributed by atoms with E-state index in [9.17, 15) is 30.7 Å². The van der Waals surface area contributed by atoms with Crippen LogP contribution in [0.4, 0.5) is 36.4 Å². The fourth-order valence-electron chi connectivity index (χ4n) is 2.81. The second-order valence-corrected chi connectivity index (χ2v) is 5.94. The lowest BCUT2D eigenvalue weighted by Gasteiger charge is -2.29. The second-order valence-electron chi connectivity index (χ2n) is 5.94. The first-order chi connectivity index (χ1) is 12.5. The zero-order chi connectivity index (χ0) is 20.0. The molecule has 146 valence electrons. The minimum Gasteiger partial charge on any atom is -0.484 e. The average Bonchev–Trinajstić information content (AvgIpc) is 2.58. The minimum atomic E-state index is -5.09. The number of alkyl halides is 6. The molecule has 0 saturated heterocycles. The number of hydrogen-bond acceptors (Lipinski definition) is 3. The fourth-order valence-corrected chi connectivity index (χ4v) is 2.81. The van der Waals surface area contributed by atoms with Crippen molar-refractivity contribution in [2.45, 2.75) is 18.5 Å². The standard InChI is InChI=1S/C17H13F7N2O/c18-9-4-12(15-14(5-9)26-7-10(6-25)27-15)11-2-1-8(16(19,20)21)3-13(11)17(22,23)24/h1-5,10,26H,6-7,25H2/t10-/m0/s1. The first-order valence-corrected chi connectivity index (χ1v) is 7.73. The molecule has 0 bridgehead atoms. The van der Waals surface area contributed by atoms with E-state index in [4.69, 9.17) is 10.5 Å². The number of anilines is 1. The van der Waals surface area contributed by atoms with E-state index in [2.05, 4.69) is 5.32 Å². The molecule has 1 heterocycles. The summed E-state index contributed by atoms with van der Waals surface area (Å²) in [6.45, 7) is 0.258. The van der Waals surface area contributed by atoms with Gasteiger partial charge in [-0.1, -0.05) is 6.07 Å². The molecule has 0 unspecified atom stereocenters. The molecule has 2 aromatic carbocycles. The van der Waals surface area contributed by atoms with Crippen LogP contribution in [0, 0.1) is 5.82 Å². The first-order valence-electron chi connectivity index (χ1n) is 7.73. The Balaban J connectivity index is 2.24. The van der Waals surface area contributed by atoms with Gasteiger partial charge in [0.05, 0.1) is 23.4 Å². The highest BCUT2D eigenvalue weighted by molar-refractivity contribution is 5.81. The van der Waals surface area contributed by atoms with Gasteiger partial charge in [-0.15, -0.1) is 0 Å². The molecule has 3 N–H and O–H groups in total. The van der Waals surface area contributed by atoms with Crippen LogP contribution in [-0.4, -0.2) is 19.2 Å². The van der Waals surface area contributed by atoms with Gasteiger partial charge in [0, 0.05) is 18.2 Å². The Kier molecular flexibility index (Phi) is 4.71. The van der Waals surface area contributed by atoms with E-state index in [0.29, 0.717) is 12.1 Å². The summed E-state index contributed by atoms with van der Waals surface area (Å²) in [5.41, 5.74) is 1.68. The molecule has 0 aromatic heterocycles. The summed E-state index contributed by atoms with van der Waals surface area (Å²) in [6.07, 6.45) is -10.6. The van der Waals surface area contributed by atoms with Crippen LogP contribution in [0.5, 0.6) is 5.75 Å². The summed E-state index contributed by atoms with van der Waals surface area (Å²) >= 11 is 0. The first kappa shape index (κ1) is 19.3. The van der Waals surface area contributed by atoms with E-state index in [-0.39, 0.29) is 36.2 Å². The van der Waals surface area contributed by atoms with Gasteiger partial charge in [0.15, 0.2) is 5.75 Å². The SMILES string of the molecule is NC[C@H]1CNc2cc(F)cc(-c3ccc(C(F)(F)F)cc3C(F)(F)F)c2O1. The monoisotopic (exact) mass is 394 g/mol. The number of nitrogens with one attached hydrogen (secondary N) is 1. The zero-order valence-corrected chi connectivity index (χ0v) is 13.5. The number of fused-ring (bicyclic) bond motifs is 1. The van der Waals surface area contributed by atoms with Gasteiger partial charge in [0.1, 0.15) is 11.9 Å². The predicted molar refractivity (Wildman–Crippen MR) is 83.8 cm³/mol. The molecule has 3 rings (SSSR count). The van der Waals surface area contributed by atoms with Gasteiger partial charge >= 0.3 is 12.4 Å². The number of rotatable bonds is 2. The Hall–Kier alpha value is -2.49. The number of hydrogen-bond donors (Lipinski definition) is 2. The van der Waals surface area contributed by atoms with Crippen molar-refractivity contribution in [3.05, 3.63) is 47.3 Å². The molecule has 1 aliphatic rings. The molecule has 0 radical (unpaired) electrons. The lowest BCUT2D eigenvalue weighted by Crippen LogP contribution is -2.37. The molecule has 1 aliphatic heterocycles. The highest BCUT2D eigenvalue weighted by atomic mass is 19.4. The van der Waals surface area contributed by atoms with Crippen molar-refractivity contribution in [2.75, 3.05) is 18.4 Å². The third-order valence-electron chi connectivity index (χ3n) is 4.06. The predicted octanol–water partition coefficient (Wildman–Crippen LogP) is 4.66. The van der Waals surface area contributed by atoms with Crippen LogP contribution in [0.2, 0.25) is 0 Å². The van der Waals surface area contributed by atoms with Crippen molar-refractivity contribution >= 4 is 5.69 Å². The molecular formula is C17H13F7N2O. The topological polar surface area (TPSA) is 47.3 Å². The summed E-state index contributed by atoms with van der Waals surface area (Å²) in [5, 5.41) is 2.80. The van der Waals surface area contributed by atoms with Crippen LogP contribution >= 0.6 is 0 Å². The highest BCUT2D eigenvalue weighted by Gasteiger charge is 2.39. The number of halogens is 7. The summed E-state index contributed by atoms with van der Waals surface area (Å²) in [5.74, 6) is -0.956. The molecule has 1 atom stereocenters. The lowest BCUT2D eigenvalue weighted by atomic mass is 9.95. The summed E-state index contributed by atoms with van der Waals surface area (Å²) in [4.78, 5) is 0. The highest BCUT2D eigenvalue weighted by Crippen LogP contribution is 2.46. The Morgan fingerprint density at radius 2 is 1.70 bits per heavy atom. The maximum absolute atomic E-state index is 13.9. The maximum Gasteiger partial charge on any atom is 0.417 e. The number of nitrogens with two attached hydrogens (primary N) is 1. The normalized spacial score (nSPS) is 17.1. The molecule has 0 aliphatic carbocycles. The van der Waals surface area contributed by atoms with Crippen molar-refractivity contribution < 1.29 is 35.5 Å². The van der Waals surface area contributed by atoms with Crippen LogP contribution in [0.1, 0.15) is 11.1 Å². The van der Waals surface area contributed by atoms with Crippen LogP contribution in [0.3, 0.4) is 0 Å². The maximum atomic E-state index is 13.9. The Morgan fingerprint density at radius 3 is 2.30 bits per heavy atom. The number of ether oxygens (including phenoxy) is 1. The van der Waals surface area contributed by atoms with Gasteiger partial charge in [-0.2, -0.15) is 26.3 Å².